The van der Waals surface area contributed by atoms with Gasteiger partial charge in [-0.05, 0) is 43.0 Å². The number of hydrogen-bond donors (Lipinski definition) is 1. The molecule has 1 N–H and O–H groups in total. The molecule has 2 heteroatoms. The second-order valence-corrected chi connectivity index (χ2v) is 6.93. The Kier molecular flexibility index (Phi) is 5.52. The van der Waals surface area contributed by atoms with Gasteiger partial charge in [0.05, 0.1) is 12.5 Å². The predicted molar refractivity (Wildman–Crippen MR) is 107 cm³/mol. The summed E-state index contributed by atoms with van der Waals surface area (Å²) in [6, 6.07) is 24.5. The molecule has 0 saturated carbocycles. The lowest BCUT2D eigenvalue weighted by Gasteiger charge is -2.21. The highest BCUT2D eigenvalue weighted by Gasteiger charge is 2.17. The Balaban J connectivity index is 1.85. The van der Waals surface area contributed by atoms with Crippen LogP contribution in [0.25, 0.3) is 0 Å². The second kappa shape index (κ2) is 8.01. The normalized spacial score (nSPS) is 11.8. The minimum absolute atomic E-state index is 0.0345. The van der Waals surface area contributed by atoms with Crippen LogP contribution in [-0.4, -0.2) is 5.91 Å². The van der Waals surface area contributed by atoms with E-state index in [1.165, 1.54) is 11.1 Å². The van der Waals surface area contributed by atoms with E-state index in [4.69, 9.17) is 0 Å². The highest BCUT2D eigenvalue weighted by Crippen LogP contribution is 2.23. The zero-order chi connectivity index (χ0) is 18.5. The van der Waals surface area contributed by atoms with E-state index in [-0.39, 0.29) is 11.9 Å². The van der Waals surface area contributed by atoms with Crippen molar-refractivity contribution in [3.8, 4) is 0 Å². The van der Waals surface area contributed by atoms with Gasteiger partial charge in [-0.25, -0.2) is 0 Å². The van der Waals surface area contributed by atoms with Gasteiger partial charge in [-0.15, -0.1) is 0 Å². The van der Waals surface area contributed by atoms with Crippen LogP contribution in [0, 0.1) is 20.8 Å². The van der Waals surface area contributed by atoms with Crippen molar-refractivity contribution >= 4 is 5.91 Å². The number of aryl methyl sites for hydroxylation is 3. The maximum atomic E-state index is 12.8. The number of amides is 1. The molecular formula is C24H25NO. The maximum Gasteiger partial charge on any atom is 0.225 e. The fourth-order valence-electron chi connectivity index (χ4n) is 3.28. The van der Waals surface area contributed by atoms with E-state index in [0.717, 1.165) is 22.3 Å². The van der Waals surface area contributed by atoms with Gasteiger partial charge in [-0.1, -0.05) is 83.9 Å². The first-order valence-electron chi connectivity index (χ1n) is 9.00. The van der Waals surface area contributed by atoms with Gasteiger partial charge in [-0.2, -0.15) is 0 Å². The molecule has 0 aliphatic heterocycles. The summed E-state index contributed by atoms with van der Waals surface area (Å²) in [5, 5.41) is 3.23. The molecule has 1 amide bonds. The smallest absolute Gasteiger partial charge is 0.225 e. The van der Waals surface area contributed by atoms with Gasteiger partial charge in [-0.3, -0.25) is 4.79 Å². The average Bonchev–Trinajstić information content (AvgIpc) is 2.63. The molecule has 0 aliphatic carbocycles. The molecule has 0 spiro atoms. The SMILES string of the molecule is Cc1cccc([C@H](NC(=O)Cc2ccc(C)cc2C)c2ccccc2)c1. The Bertz CT molecular complexity index is 899. The van der Waals surface area contributed by atoms with Gasteiger partial charge in [0.25, 0.3) is 0 Å². The van der Waals surface area contributed by atoms with Gasteiger partial charge in [0.2, 0.25) is 5.91 Å². The first-order valence-corrected chi connectivity index (χ1v) is 9.00. The van der Waals surface area contributed by atoms with Crippen LogP contribution in [0.2, 0.25) is 0 Å². The van der Waals surface area contributed by atoms with Crippen LogP contribution in [0.5, 0.6) is 0 Å². The lowest BCUT2D eigenvalue weighted by Crippen LogP contribution is -2.30. The molecule has 132 valence electrons. The number of rotatable bonds is 5. The summed E-state index contributed by atoms with van der Waals surface area (Å²) in [5.41, 5.74) is 6.83. The van der Waals surface area contributed by atoms with Gasteiger partial charge in [0, 0.05) is 0 Å². The quantitative estimate of drug-likeness (QED) is 0.689. The molecular weight excluding hydrogens is 318 g/mol. The van der Waals surface area contributed by atoms with E-state index in [1.54, 1.807) is 0 Å². The lowest BCUT2D eigenvalue weighted by atomic mass is 9.96. The molecule has 0 aromatic heterocycles. The van der Waals surface area contributed by atoms with Crippen LogP contribution < -0.4 is 5.32 Å². The van der Waals surface area contributed by atoms with E-state index < -0.39 is 0 Å². The molecule has 0 bridgehead atoms. The summed E-state index contributed by atoms with van der Waals surface area (Å²) in [5.74, 6) is 0.0345. The fraction of sp³-hybridized carbons (Fsp3) is 0.208. The van der Waals surface area contributed by atoms with Crippen molar-refractivity contribution < 1.29 is 4.79 Å². The van der Waals surface area contributed by atoms with Crippen molar-refractivity contribution in [2.75, 3.05) is 0 Å². The van der Waals surface area contributed by atoms with Gasteiger partial charge >= 0.3 is 0 Å². The minimum Gasteiger partial charge on any atom is -0.345 e. The van der Waals surface area contributed by atoms with Crippen LogP contribution in [0.1, 0.15) is 39.4 Å². The summed E-state index contributed by atoms with van der Waals surface area (Å²) in [6.07, 6.45) is 0.390. The molecule has 0 unspecified atom stereocenters. The third kappa shape index (κ3) is 4.40. The van der Waals surface area contributed by atoms with Crippen molar-refractivity contribution in [2.24, 2.45) is 0 Å². The lowest BCUT2D eigenvalue weighted by molar-refractivity contribution is -0.120. The monoisotopic (exact) mass is 343 g/mol. The Morgan fingerprint density at radius 3 is 2.19 bits per heavy atom. The van der Waals surface area contributed by atoms with Crippen molar-refractivity contribution in [1.82, 2.24) is 5.32 Å². The number of carbonyl (C=O) groups excluding carboxylic acids is 1. The molecule has 3 rings (SSSR count). The maximum absolute atomic E-state index is 12.8. The van der Waals surface area contributed by atoms with E-state index in [1.807, 2.05) is 24.3 Å². The van der Waals surface area contributed by atoms with Crippen LogP contribution in [0.3, 0.4) is 0 Å². The van der Waals surface area contributed by atoms with Crippen LogP contribution in [-0.2, 0) is 11.2 Å². The summed E-state index contributed by atoms with van der Waals surface area (Å²) < 4.78 is 0. The zero-order valence-corrected chi connectivity index (χ0v) is 15.6. The Morgan fingerprint density at radius 2 is 1.50 bits per heavy atom. The summed E-state index contributed by atoms with van der Waals surface area (Å²) >= 11 is 0. The van der Waals surface area contributed by atoms with E-state index in [0.29, 0.717) is 6.42 Å². The van der Waals surface area contributed by atoms with E-state index in [9.17, 15) is 4.79 Å². The van der Waals surface area contributed by atoms with Crippen molar-refractivity contribution in [3.63, 3.8) is 0 Å². The Labute approximate surface area is 155 Å². The summed E-state index contributed by atoms with van der Waals surface area (Å²) in [7, 11) is 0. The average molecular weight is 343 g/mol. The number of benzene rings is 3. The highest BCUT2D eigenvalue weighted by molar-refractivity contribution is 5.80. The number of nitrogens with one attached hydrogen (secondary N) is 1. The fourth-order valence-corrected chi connectivity index (χ4v) is 3.28. The summed E-state index contributed by atoms with van der Waals surface area (Å²) in [4.78, 5) is 12.8. The molecule has 2 nitrogen and oxygen atoms in total. The summed E-state index contributed by atoms with van der Waals surface area (Å²) in [6.45, 7) is 6.20. The molecule has 26 heavy (non-hydrogen) atoms. The molecule has 3 aromatic carbocycles. The number of carbonyl (C=O) groups is 1. The van der Waals surface area contributed by atoms with Crippen molar-refractivity contribution in [2.45, 2.75) is 33.2 Å². The number of hydrogen-bond acceptors (Lipinski definition) is 1. The van der Waals surface area contributed by atoms with Gasteiger partial charge < -0.3 is 5.32 Å². The van der Waals surface area contributed by atoms with Crippen molar-refractivity contribution in [1.29, 1.82) is 0 Å². The largest absolute Gasteiger partial charge is 0.345 e. The molecule has 0 radical (unpaired) electrons. The molecule has 3 aromatic rings. The van der Waals surface area contributed by atoms with Crippen LogP contribution in [0.4, 0.5) is 0 Å². The minimum atomic E-state index is -0.144. The Morgan fingerprint density at radius 1 is 0.808 bits per heavy atom. The van der Waals surface area contributed by atoms with E-state index in [2.05, 4.69) is 74.6 Å². The zero-order valence-electron chi connectivity index (χ0n) is 15.6. The van der Waals surface area contributed by atoms with Gasteiger partial charge in [0.15, 0.2) is 0 Å². The molecule has 0 aliphatic rings. The standard InChI is InChI=1S/C24H25NO/c1-17-8-7-11-22(15-17)24(20-9-5-4-6-10-20)25-23(26)16-21-13-12-18(2)14-19(21)3/h4-15,24H,16H2,1-3H3,(H,25,26)/t24-/m1/s1. The highest BCUT2D eigenvalue weighted by atomic mass is 16.1. The third-order valence-electron chi connectivity index (χ3n) is 4.66. The third-order valence-corrected chi connectivity index (χ3v) is 4.66. The molecule has 1 atom stereocenters. The Hall–Kier alpha value is -2.87. The first-order chi connectivity index (χ1) is 12.5. The predicted octanol–water partition coefficient (Wildman–Crippen LogP) is 5.06. The van der Waals surface area contributed by atoms with Gasteiger partial charge in [0.1, 0.15) is 0 Å². The molecule has 0 fully saturated rings. The van der Waals surface area contributed by atoms with Crippen molar-refractivity contribution in [3.05, 3.63) is 106 Å². The van der Waals surface area contributed by atoms with Crippen LogP contribution in [0.15, 0.2) is 72.8 Å². The molecule has 0 heterocycles. The molecule has 0 saturated heterocycles. The van der Waals surface area contributed by atoms with Crippen LogP contribution >= 0.6 is 0 Å². The van der Waals surface area contributed by atoms with E-state index >= 15 is 0 Å². The first kappa shape index (κ1) is 17.9. The topological polar surface area (TPSA) is 29.1 Å². The second-order valence-electron chi connectivity index (χ2n) is 6.93.